The maximum Gasteiger partial charge on any atom is 0.226 e. The van der Waals surface area contributed by atoms with Crippen molar-refractivity contribution in [2.24, 2.45) is 5.92 Å². The minimum Gasteiger partial charge on any atom is -0.359 e. The molecule has 0 aromatic heterocycles. The van der Waals surface area contributed by atoms with Gasteiger partial charge in [0.05, 0.1) is 12.0 Å². The van der Waals surface area contributed by atoms with Crippen LogP contribution in [-0.4, -0.2) is 48.8 Å². The largest absolute Gasteiger partial charge is 0.359 e. The molecule has 1 aliphatic heterocycles. The van der Waals surface area contributed by atoms with E-state index in [-0.39, 0.29) is 23.8 Å². The van der Waals surface area contributed by atoms with E-state index in [0.717, 1.165) is 5.56 Å². The van der Waals surface area contributed by atoms with E-state index in [0.29, 0.717) is 25.9 Å². The van der Waals surface area contributed by atoms with Crippen LogP contribution in [0, 0.1) is 5.92 Å². The summed E-state index contributed by atoms with van der Waals surface area (Å²) in [4.78, 5) is 37.3. The Bertz CT molecular complexity index is 574. The molecule has 0 radical (unpaired) electrons. The molecule has 0 bridgehead atoms. The number of rotatable bonds is 5. The molecule has 1 saturated heterocycles. The maximum absolute atomic E-state index is 12.4. The van der Waals surface area contributed by atoms with Gasteiger partial charge in [0.15, 0.2) is 0 Å². The summed E-state index contributed by atoms with van der Waals surface area (Å²) in [5, 5.41) is 5.37. The lowest BCUT2D eigenvalue weighted by atomic mass is 10.0. The van der Waals surface area contributed by atoms with Crippen LogP contribution >= 0.6 is 0 Å². The summed E-state index contributed by atoms with van der Waals surface area (Å²) in [5.74, 6) is -0.732. The molecule has 3 amide bonds. The Morgan fingerprint density at radius 2 is 1.87 bits per heavy atom. The quantitative estimate of drug-likeness (QED) is 0.821. The molecule has 2 rings (SSSR count). The van der Waals surface area contributed by atoms with Gasteiger partial charge in [0.25, 0.3) is 0 Å². The Morgan fingerprint density at radius 3 is 2.48 bits per heavy atom. The zero-order valence-corrected chi connectivity index (χ0v) is 13.5. The first-order valence-electron chi connectivity index (χ1n) is 7.81. The molecule has 6 heteroatoms. The monoisotopic (exact) mass is 317 g/mol. The number of carbonyl (C=O) groups excluding carboxylic acids is 3. The lowest BCUT2D eigenvalue weighted by Crippen LogP contribution is -2.44. The van der Waals surface area contributed by atoms with E-state index in [1.165, 1.54) is 6.92 Å². The van der Waals surface area contributed by atoms with E-state index in [2.05, 4.69) is 10.6 Å². The molecule has 1 heterocycles. The number of hydrogen-bond donors (Lipinski definition) is 2. The normalized spacial score (nSPS) is 20.2. The number of likely N-dealkylation sites (tertiary alicyclic amines) is 1. The van der Waals surface area contributed by atoms with Gasteiger partial charge in [-0.2, -0.15) is 0 Å². The van der Waals surface area contributed by atoms with Crippen LogP contribution in [0.2, 0.25) is 0 Å². The summed E-state index contributed by atoms with van der Waals surface area (Å²) in [5.41, 5.74) is 1.11. The SMILES string of the molecule is CNC(=O)[C@H]1CN(C(=O)CCc2ccccc2)C[C@@H]1NC(C)=O. The topological polar surface area (TPSA) is 78.5 Å². The van der Waals surface area contributed by atoms with E-state index < -0.39 is 5.92 Å². The molecule has 1 aliphatic rings. The second kappa shape index (κ2) is 7.76. The van der Waals surface area contributed by atoms with Crippen molar-refractivity contribution in [1.82, 2.24) is 15.5 Å². The number of benzene rings is 1. The highest BCUT2D eigenvalue weighted by atomic mass is 16.2. The highest BCUT2D eigenvalue weighted by molar-refractivity contribution is 5.84. The van der Waals surface area contributed by atoms with Crippen LogP contribution in [0.15, 0.2) is 30.3 Å². The van der Waals surface area contributed by atoms with E-state index in [1.807, 2.05) is 30.3 Å². The highest BCUT2D eigenvalue weighted by Crippen LogP contribution is 2.19. The third kappa shape index (κ3) is 4.55. The predicted octanol–water partition coefficient (Wildman–Crippen LogP) is 0.328. The second-order valence-electron chi connectivity index (χ2n) is 5.81. The van der Waals surface area contributed by atoms with Crippen LogP contribution in [0.4, 0.5) is 0 Å². The Labute approximate surface area is 136 Å². The number of aryl methyl sites for hydroxylation is 1. The Morgan fingerprint density at radius 1 is 1.17 bits per heavy atom. The smallest absolute Gasteiger partial charge is 0.226 e. The van der Waals surface area contributed by atoms with Gasteiger partial charge in [0, 0.05) is 33.5 Å². The number of amides is 3. The maximum atomic E-state index is 12.4. The van der Waals surface area contributed by atoms with Crippen LogP contribution in [0.1, 0.15) is 18.9 Å². The first kappa shape index (κ1) is 17.0. The van der Waals surface area contributed by atoms with Crippen molar-refractivity contribution in [2.45, 2.75) is 25.8 Å². The van der Waals surface area contributed by atoms with Gasteiger partial charge in [0.2, 0.25) is 17.7 Å². The van der Waals surface area contributed by atoms with Crippen LogP contribution in [0.25, 0.3) is 0 Å². The molecular formula is C17H23N3O3. The van der Waals surface area contributed by atoms with Gasteiger partial charge in [-0.05, 0) is 12.0 Å². The lowest BCUT2D eigenvalue weighted by molar-refractivity contribution is -0.130. The highest BCUT2D eigenvalue weighted by Gasteiger charge is 2.39. The van der Waals surface area contributed by atoms with Crippen molar-refractivity contribution in [2.75, 3.05) is 20.1 Å². The molecule has 23 heavy (non-hydrogen) atoms. The third-order valence-electron chi connectivity index (χ3n) is 4.11. The van der Waals surface area contributed by atoms with Crippen molar-refractivity contribution in [3.8, 4) is 0 Å². The minimum atomic E-state index is -0.399. The molecule has 124 valence electrons. The van der Waals surface area contributed by atoms with Crippen LogP contribution in [-0.2, 0) is 20.8 Å². The average molecular weight is 317 g/mol. The van der Waals surface area contributed by atoms with E-state index in [4.69, 9.17) is 0 Å². The minimum absolute atomic E-state index is 0.00982. The standard InChI is InChI=1S/C17H23N3O3/c1-12(21)19-15-11-20(10-14(15)17(23)18-2)16(22)9-8-13-6-4-3-5-7-13/h3-7,14-15H,8-11H2,1-2H3,(H,18,23)(H,19,21)/t14-,15-/m0/s1. The van der Waals surface area contributed by atoms with Gasteiger partial charge in [-0.1, -0.05) is 30.3 Å². The van der Waals surface area contributed by atoms with Crippen LogP contribution in [0.3, 0.4) is 0 Å². The van der Waals surface area contributed by atoms with Gasteiger partial charge in [0.1, 0.15) is 0 Å². The molecule has 2 atom stereocenters. The van der Waals surface area contributed by atoms with Gasteiger partial charge >= 0.3 is 0 Å². The van der Waals surface area contributed by atoms with Crippen molar-refractivity contribution in [3.63, 3.8) is 0 Å². The Kier molecular flexibility index (Phi) is 5.73. The molecule has 2 N–H and O–H groups in total. The zero-order valence-electron chi connectivity index (χ0n) is 13.5. The molecule has 1 aromatic rings. The van der Waals surface area contributed by atoms with Gasteiger partial charge < -0.3 is 15.5 Å². The fourth-order valence-electron chi connectivity index (χ4n) is 2.92. The predicted molar refractivity (Wildman–Crippen MR) is 86.5 cm³/mol. The molecule has 0 unspecified atom stereocenters. The fraction of sp³-hybridized carbons (Fsp3) is 0.471. The fourth-order valence-corrected chi connectivity index (χ4v) is 2.92. The van der Waals surface area contributed by atoms with Crippen molar-refractivity contribution < 1.29 is 14.4 Å². The summed E-state index contributed by atoms with van der Waals surface area (Å²) in [7, 11) is 1.56. The summed E-state index contributed by atoms with van der Waals surface area (Å²) in [6.45, 7) is 2.14. The van der Waals surface area contributed by atoms with Crippen LogP contribution < -0.4 is 10.6 Å². The number of nitrogens with zero attached hydrogens (tertiary/aromatic N) is 1. The molecule has 0 aliphatic carbocycles. The molecule has 1 aromatic carbocycles. The van der Waals surface area contributed by atoms with E-state index in [9.17, 15) is 14.4 Å². The van der Waals surface area contributed by atoms with Gasteiger partial charge in [-0.25, -0.2) is 0 Å². The number of hydrogen-bond acceptors (Lipinski definition) is 3. The third-order valence-corrected chi connectivity index (χ3v) is 4.11. The summed E-state index contributed by atoms with van der Waals surface area (Å²) in [6.07, 6.45) is 1.07. The lowest BCUT2D eigenvalue weighted by Gasteiger charge is -2.17. The summed E-state index contributed by atoms with van der Waals surface area (Å²) >= 11 is 0. The number of nitrogens with one attached hydrogen (secondary N) is 2. The zero-order chi connectivity index (χ0) is 16.8. The van der Waals surface area contributed by atoms with Crippen molar-refractivity contribution in [1.29, 1.82) is 0 Å². The summed E-state index contributed by atoms with van der Waals surface area (Å²) < 4.78 is 0. The first-order chi connectivity index (χ1) is 11.0. The Hall–Kier alpha value is -2.37. The molecular weight excluding hydrogens is 294 g/mol. The molecule has 0 spiro atoms. The first-order valence-corrected chi connectivity index (χ1v) is 7.81. The van der Waals surface area contributed by atoms with Crippen LogP contribution in [0.5, 0.6) is 0 Å². The molecule has 6 nitrogen and oxygen atoms in total. The van der Waals surface area contributed by atoms with Crippen molar-refractivity contribution in [3.05, 3.63) is 35.9 Å². The van der Waals surface area contributed by atoms with E-state index in [1.54, 1.807) is 11.9 Å². The molecule has 0 saturated carbocycles. The van der Waals surface area contributed by atoms with Gasteiger partial charge in [-0.3, -0.25) is 14.4 Å². The molecule has 1 fully saturated rings. The van der Waals surface area contributed by atoms with Gasteiger partial charge in [-0.15, -0.1) is 0 Å². The average Bonchev–Trinajstić information content (AvgIpc) is 2.96. The second-order valence-corrected chi connectivity index (χ2v) is 5.81. The summed E-state index contributed by atoms with van der Waals surface area (Å²) in [6, 6.07) is 9.49. The number of carbonyl (C=O) groups is 3. The van der Waals surface area contributed by atoms with E-state index >= 15 is 0 Å². The van der Waals surface area contributed by atoms with Crippen molar-refractivity contribution >= 4 is 17.7 Å². The Balaban J connectivity index is 1.95.